The molecule has 3 aromatic rings. The Morgan fingerprint density at radius 2 is 1.85 bits per heavy atom. The number of halogens is 1. The molecule has 1 amide bonds. The summed E-state index contributed by atoms with van der Waals surface area (Å²) in [5.41, 5.74) is 3.02. The van der Waals surface area contributed by atoms with Gasteiger partial charge in [-0.25, -0.2) is 4.39 Å². The fraction of sp³-hybridized carbons (Fsp3) is 0.0526. The predicted molar refractivity (Wildman–Crippen MR) is 108 cm³/mol. The summed E-state index contributed by atoms with van der Waals surface area (Å²) in [6.45, 7) is 0. The molecule has 1 saturated heterocycles. The standard InChI is InChI=1S/C19H13FN4OS2/c1-23-11-13(17(22-23)12-6-8-21-9-7-12)10-16-18(25)24(19(26)27-16)15-4-2-14(20)3-5-15/h2-11H,1H3/b16-10-. The molecular formula is C19H13FN4OS2. The summed E-state index contributed by atoms with van der Waals surface area (Å²) in [7, 11) is 1.83. The molecule has 1 aliphatic heterocycles. The van der Waals surface area contributed by atoms with Crippen LogP contribution in [0.4, 0.5) is 10.1 Å². The number of rotatable bonds is 3. The monoisotopic (exact) mass is 396 g/mol. The number of benzene rings is 1. The van der Waals surface area contributed by atoms with E-state index in [1.165, 1.54) is 40.9 Å². The molecule has 0 radical (unpaired) electrons. The van der Waals surface area contributed by atoms with Crippen LogP contribution in [0, 0.1) is 5.82 Å². The third-order valence-electron chi connectivity index (χ3n) is 3.98. The fourth-order valence-corrected chi connectivity index (χ4v) is 4.06. The molecule has 1 aliphatic rings. The smallest absolute Gasteiger partial charge is 0.270 e. The number of nitrogens with zero attached hydrogens (tertiary/aromatic N) is 4. The first kappa shape index (κ1) is 17.6. The van der Waals surface area contributed by atoms with Gasteiger partial charge in [-0.05, 0) is 42.5 Å². The van der Waals surface area contributed by atoms with Crippen LogP contribution in [0.5, 0.6) is 0 Å². The Bertz CT molecular complexity index is 1060. The second-order valence-corrected chi connectivity index (χ2v) is 7.51. The molecule has 134 valence electrons. The number of thiocarbonyl (C=S) groups is 1. The van der Waals surface area contributed by atoms with Crippen molar-refractivity contribution in [3.05, 3.63) is 71.3 Å². The third-order valence-corrected chi connectivity index (χ3v) is 5.28. The van der Waals surface area contributed by atoms with Gasteiger partial charge in [-0.15, -0.1) is 0 Å². The molecule has 5 nitrogen and oxygen atoms in total. The van der Waals surface area contributed by atoms with E-state index in [1.807, 2.05) is 25.4 Å². The number of carbonyl (C=O) groups excluding carboxylic acids is 1. The van der Waals surface area contributed by atoms with Crippen molar-refractivity contribution in [3.63, 3.8) is 0 Å². The second kappa shape index (κ2) is 7.05. The lowest BCUT2D eigenvalue weighted by Crippen LogP contribution is -2.27. The van der Waals surface area contributed by atoms with E-state index in [2.05, 4.69) is 10.1 Å². The van der Waals surface area contributed by atoms with Crippen molar-refractivity contribution in [2.45, 2.75) is 0 Å². The van der Waals surface area contributed by atoms with Gasteiger partial charge in [-0.2, -0.15) is 5.10 Å². The lowest BCUT2D eigenvalue weighted by molar-refractivity contribution is -0.113. The fourth-order valence-electron chi connectivity index (χ4n) is 2.77. The molecule has 0 spiro atoms. The van der Waals surface area contributed by atoms with Crippen molar-refractivity contribution in [2.75, 3.05) is 4.90 Å². The van der Waals surface area contributed by atoms with Crippen LogP contribution in [0.25, 0.3) is 17.3 Å². The Morgan fingerprint density at radius 1 is 1.15 bits per heavy atom. The first-order chi connectivity index (χ1) is 13.0. The highest BCUT2D eigenvalue weighted by Gasteiger charge is 2.33. The van der Waals surface area contributed by atoms with Gasteiger partial charge in [0.05, 0.1) is 16.3 Å². The van der Waals surface area contributed by atoms with Crippen LogP contribution < -0.4 is 4.90 Å². The summed E-state index contributed by atoms with van der Waals surface area (Å²) in [5.74, 6) is -0.599. The van der Waals surface area contributed by atoms with Crippen LogP contribution in [0.1, 0.15) is 5.56 Å². The summed E-state index contributed by atoms with van der Waals surface area (Å²) in [6, 6.07) is 9.42. The largest absolute Gasteiger partial charge is 0.275 e. The van der Waals surface area contributed by atoms with Gasteiger partial charge in [0, 0.05) is 36.8 Å². The molecule has 8 heteroatoms. The summed E-state index contributed by atoms with van der Waals surface area (Å²) in [4.78, 5) is 18.8. The number of pyridine rings is 1. The van der Waals surface area contributed by atoms with Crippen molar-refractivity contribution in [3.8, 4) is 11.3 Å². The lowest BCUT2D eigenvalue weighted by Gasteiger charge is -2.14. The quantitative estimate of drug-likeness (QED) is 0.494. The zero-order valence-electron chi connectivity index (χ0n) is 14.2. The van der Waals surface area contributed by atoms with Crippen molar-refractivity contribution in [2.24, 2.45) is 7.05 Å². The molecule has 0 unspecified atom stereocenters. The van der Waals surface area contributed by atoms with Gasteiger partial charge in [0.15, 0.2) is 4.32 Å². The molecular weight excluding hydrogens is 383 g/mol. The van der Waals surface area contributed by atoms with Crippen LogP contribution in [-0.4, -0.2) is 25.0 Å². The van der Waals surface area contributed by atoms with Crippen LogP contribution in [0.15, 0.2) is 59.9 Å². The van der Waals surface area contributed by atoms with Gasteiger partial charge in [0.1, 0.15) is 5.82 Å². The van der Waals surface area contributed by atoms with Crippen molar-refractivity contribution >= 4 is 46.0 Å². The SMILES string of the molecule is Cn1cc(/C=C2\SC(=S)N(c3ccc(F)cc3)C2=O)c(-c2ccncc2)n1. The van der Waals surface area contributed by atoms with Crippen LogP contribution in [-0.2, 0) is 11.8 Å². The van der Waals surface area contributed by atoms with Gasteiger partial charge >= 0.3 is 0 Å². The molecule has 1 aromatic carbocycles. The van der Waals surface area contributed by atoms with Crippen molar-refractivity contribution in [1.82, 2.24) is 14.8 Å². The number of anilines is 1. The topological polar surface area (TPSA) is 51.0 Å². The van der Waals surface area contributed by atoms with Gasteiger partial charge in [-0.3, -0.25) is 19.4 Å². The summed E-state index contributed by atoms with van der Waals surface area (Å²) >= 11 is 6.58. The molecule has 0 N–H and O–H groups in total. The number of hydrogen-bond acceptors (Lipinski definition) is 5. The Kier molecular flexibility index (Phi) is 4.59. The van der Waals surface area contributed by atoms with Gasteiger partial charge in [0.25, 0.3) is 5.91 Å². The van der Waals surface area contributed by atoms with E-state index >= 15 is 0 Å². The van der Waals surface area contributed by atoms with E-state index in [4.69, 9.17) is 12.2 Å². The minimum Gasteiger partial charge on any atom is -0.275 e. The number of carbonyl (C=O) groups is 1. The lowest BCUT2D eigenvalue weighted by atomic mass is 10.1. The molecule has 0 atom stereocenters. The predicted octanol–water partition coefficient (Wildman–Crippen LogP) is 4.03. The zero-order valence-corrected chi connectivity index (χ0v) is 15.8. The molecule has 0 saturated carbocycles. The highest BCUT2D eigenvalue weighted by Crippen LogP contribution is 2.37. The van der Waals surface area contributed by atoms with Gasteiger partial charge in [0.2, 0.25) is 0 Å². The first-order valence-electron chi connectivity index (χ1n) is 8.00. The third kappa shape index (κ3) is 3.41. The van der Waals surface area contributed by atoms with E-state index in [0.717, 1.165) is 16.8 Å². The summed E-state index contributed by atoms with van der Waals surface area (Å²) in [5, 5.41) is 4.49. The maximum absolute atomic E-state index is 13.2. The Morgan fingerprint density at radius 3 is 2.56 bits per heavy atom. The number of aromatic nitrogens is 3. The number of amides is 1. The summed E-state index contributed by atoms with van der Waals surface area (Å²) < 4.78 is 15.3. The average molecular weight is 396 g/mol. The molecule has 1 fully saturated rings. The summed E-state index contributed by atoms with van der Waals surface area (Å²) in [6.07, 6.45) is 7.02. The first-order valence-corrected chi connectivity index (χ1v) is 9.23. The van der Waals surface area contributed by atoms with Crippen molar-refractivity contribution < 1.29 is 9.18 Å². The molecule has 0 aliphatic carbocycles. The maximum atomic E-state index is 13.2. The van der Waals surface area contributed by atoms with E-state index in [9.17, 15) is 9.18 Å². The highest BCUT2D eigenvalue weighted by atomic mass is 32.2. The van der Waals surface area contributed by atoms with E-state index in [-0.39, 0.29) is 11.7 Å². The Balaban J connectivity index is 1.71. The van der Waals surface area contributed by atoms with Crippen LogP contribution in [0.3, 0.4) is 0 Å². The van der Waals surface area contributed by atoms with Crippen LogP contribution in [0.2, 0.25) is 0 Å². The molecule has 27 heavy (non-hydrogen) atoms. The average Bonchev–Trinajstić information content (AvgIpc) is 3.16. The zero-order chi connectivity index (χ0) is 19.0. The second-order valence-electron chi connectivity index (χ2n) is 5.84. The Hall–Kier alpha value is -2.84. The minimum atomic E-state index is -0.364. The van der Waals surface area contributed by atoms with E-state index in [0.29, 0.717) is 14.9 Å². The van der Waals surface area contributed by atoms with E-state index in [1.54, 1.807) is 23.2 Å². The number of thioether (sulfide) groups is 1. The molecule has 0 bridgehead atoms. The van der Waals surface area contributed by atoms with Crippen molar-refractivity contribution in [1.29, 1.82) is 0 Å². The maximum Gasteiger partial charge on any atom is 0.270 e. The molecule has 3 heterocycles. The van der Waals surface area contributed by atoms with E-state index < -0.39 is 0 Å². The Labute approximate surface area is 164 Å². The number of aryl methyl sites for hydroxylation is 1. The molecule has 2 aromatic heterocycles. The molecule has 4 rings (SSSR count). The van der Waals surface area contributed by atoms with Gasteiger partial charge in [-0.1, -0.05) is 24.0 Å². The normalized spacial score (nSPS) is 15.8. The minimum absolute atomic E-state index is 0.235. The van der Waals surface area contributed by atoms with Gasteiger partial charge < -0.3 is 0 Å². The number of hydrogen-bond donors (Lipinski definition) is 0. The van der Waals surface area contributed by atoms with Crippen LogP contribution >= 0.6 is 24.0 Å². The highest BCUT2D eigenvalue weighted by molar-refractivity contribution is 8.27.